The van der Waals surface area contributed by atoms with Gasteiger partial charge in [0.05, 0.1) is 26.9 Å². The zero-order valence-corrected chi connectivity index (χ0v) is 9.27. The Bertz CT molecular complexity index is 447. The van der Waals surface area contributed by atoms with Gasteiger partial charge in [-0.05, 0) is 12.1 Å². The second kappa shape index (κ2) is 3.73. The molecule has 0 aliphatic heterocycles. The number of hydrogen-bond acceptors (Lipinski definition) is 3. The van der Waals surface area contributed by atoms with Crippen LogP contribution in [0.1, 0.15) is 5.69 Å². The van der Waals surface area contributed by atoms with Crippen molar-refractivity contribution in [3.05, 3.63) is 28.5 Å². The highest BCUT2D eigenvalue weighted by atomic mass is 35.5. The van der Waals surface area contributed by atoms with Crippen LogP contribution in [-0.2, 0) is 13.6 Å². The molecule has 0 radical (unpaired) electrons. The summed E-state index contributed by atoms with van der Waals surface area (Å²) in [6, 6.07) is 3.87. The van der Waals surface area contributed by atoms with Crippen LogP contribution in [0.15, 0.2) is 18.5 Å². The summed E-state index contributed by atoms with van der Waals surface area (Å²) >= 11 is 7.42. The van der Waals surface area contributed by atoms with Gasteiger partial charge in [0.2, 0.25) is 0 Å². The van der Waals surface area contributed by atoms with E-state index < -0.39 is 0 Å². The van der Waals surface area contributed by atoms with Gasteiger partial charge in [-0.1, -0.05) is 11.6 Å². The first-order valence-electron chi connectivity index (χ1n) is 4.18. The Morgan fingerprint density at radius 3 is 2.93 bits per heavy atom. The first kappa shape index (κ1) is 9.71. The molecule has 3 nitrogen and oxygen atoms in total. The molecule has 5 heteroatoms. The van der Waals surface area contributed by atoms with Gasteiger partial charge in [-0.25, -0.2) is 4.98 Å². The van der Waals surface area contributed by atoms with E-state index >= 15 is 0 Å². The van der Waals surface area contributed by atoms with E-state index in [4.69, 9.17) is 17.3 Å². The van der Waals surface area contributed by atoms with Crippen LogP contribution in [-0.4, -0.2) is 9.55 Å². The number of hydrogen-bond donors (Lipinski definition) is 1. The molecule has 2 aromatic rings. The molecule has 2 N–H and O–H groups in total. The Morgan fingerprint density at radius 1 is 1.57 bits per heavy atom. The molecule has 0 unspecified atom stereocenters. The van der Waals surface area contributed by atoms with Crippen molar-refractivity contribution in [3.8, 4) is 10.6 Å². The van der Waals surface area contributed by atoms with Crippen molar-refractivity contribution in [1.82, 2.24) is 9.55 Å². The quantitative estimate of drug-likeness (QED) is 0.856. The normalized spacial score (nSPS) is 10.8. The predicted octanol–water partition coefficient (Wildman–Crippen LogP) is 2.26. The highest BCUT2D eigenvalue weighted by Gasteiger charge is 2.11. The summed E-state index contributed by atoms with van der Waals surface area (Å²) < 4.78 is 2.74. The molecule has 2 aromatic heterocycles. The number of nitrogens with two attached hydrogens (primary N) is 1. The lowest BCUT2D eigenvalue weighted by atomic mass is 10.3. The third kappa shape index (κ3) is 1.56. The SMILES string of the molecule is Cn1cnc(CN)c1-c1ccc(Cl)s1. The van der Waals surface area contributed by atoms with Crippen LogP contribution < -0.4 is 5.73 Å². The van der Waals surface area contributed by atoms with E-state index in [2.05, 4.69) is 4.98 Å². The van der Waals surface area contributed by atoms with Gasteiger partial charge in [0.15, 0.2) is 0 Å². The van der Waals surface area contributed by atoms with Crippen molar-refractivity contribution in [2.24, 2.45) is 12.8 Å². The van der Waals surface area contributed by atoms with Crippen LogP contribution in [0.3, 0.4) is 0 Å². The van der Waals surface area contributed by atoms with Gasteiger partial charge in [-0.2, -0.15) is 0 Å². The molecule has 0 saturated carbocycles. The van der Waals surface area contributed by atoms with E-state index in [1.807, 2.05) is 23.7 Å². The number of thiophene rings is 1. The van der Waals surface area contributed by atoms with Crippen molar-refractivity contribution in [2.45, 2.75) is 6.54 Å². The number of halogens is 1. The van der Waals surface area contributed by atoms with E-state index in [0.29, 0.717) is 6.54 Å². The highest BCUT2D eigenvalue weighted by molar-refractivity contribution is 7.19. The number of rotatable bonds is 2. The van der Waals surface area contributed by atoms with Crippen LogP contribution >= 0.6 is 22.9 Å². The summed E-state index contributed by atoms with van der Waals surface area (Å²) in [4.78, 5) is 5.33. The molecule has 0 bridgehead atoms. The smallest absolute Gasteiger partial charge is 0.0952 e. The second-order valence-corrected chi connectivity index (χ2v) is 4.67. The minimum atomic E-state index is 0.450. The second-order valence-electron chi connectivity index (χ2n) is 2.96. The molecule has 2 rings (SSSR count). The minimum absolute atomic E-state index is 0.450. The summed E-state index contributed by atoms with van der Waals surface area (Å²) in [5, 5.41) is 0. The molecular weight excluding hydrogens is 218 g/mol. The first-order chi connectivity index (χ1) is 6.72. The van der Waals surface area contributed by atoms with Crippen LogP contribution in [0.25, 0.3) is 10.6 Å². The van der Waals surface area contributed by atoms with Gasteiger partial charge in [-0.15, -0.1) is 11.3 Å². The molecule has 0 spiro atoms. The molecular formula is C9H10ClN3S. The number of nitrogens with zero attached hydrogens (tertiary/aromatic N) is 2. The summed E-state index contributed by atoms with van der Waals surface area (Å²) in [7, 11) is 1.95. The fourth-order valence-corrected chi connectivity index (χ4v) is 2.54. The molecule has 2 heterocycles. The van der Waals surface area contributed by atoms with Gasteiger partial charge in [-0.3, -0.25) is 0 Å². The summed E-state index contributed by atoms with van der Waals surface area (Å²) in [5.74, 6) is 0. The molecule has 74 valence electrons. The lowest BCUT2D eigenvalue weighted by Gasteiger charge is -2.00. The molecule has 0 fully saturated rings. The maximum Gasteiger partial charge on any atom is 0.0952 e. The van der Waals surface area contributed by atoms with E-state index in [-0.39, 0.29) is 0 Å². The maximum atomic E-state index is 5.88. The van der Waals surface area contributed by atoms with Crippen LogP contribution in [0.4, 0.5) is 0 Å². The Kier molecular flexibility index (Phi) is 2.58. The Hall–Kier alpha value is -0.840. The Morgan fingerprint density at radius 2 is 2.36 bits per heavy atom. The minimum Gasteiger partial charge on any atom is -0.333 e. The summed E-state index contributed by atoms with van der Waals surface area (Å²) in [6.07, 6.45) is 1.77. The molecule has 0 atom stereocenters. The van der Waals surface area contributed by atoms with E-state index in [1.54, 1.807) is 6.33 Å². The lowest BCUT2D eigenvalue weighted by molar-refractivity contribution is 0.922. The standard InChI is InChI=1S/C9H10ClN3S/c1-13-5-12-6(4-11)9(13)7-2-3-8(10)14-7/h2-3,5H,4,11H2,1H3. The van der Waals surface area contributed by atoms with Gasteiger partial charge < -0.3 is 10.3 Å². The van der Waals surface area contributed by atoms with E-state index in [1.165, 1.54) is 11.3 Å². The lowest BCUT2D eigenvalue weighted by Crippen LogP contribution is -1.99. The molecule has 14 heavy (non-hydrogen) atoms. The topological polar surface area (TPSA) is 43.8 Å². The monoisotopic (exact) mass is 227 g/mol. The van der Waals surface area contributed by atoms with Crippen molar-refractivity contribution < 1.29 is 0 Å². The maximum absolute atomic E-state index is 5.88. The average Bonchev–Trinajstić information content (AvgIpc) is 2.71. The molecule has 0 saturated heterocycles. The van der Waals surface area contributed by atoms with Crippen molar-refractivity contribution in [1.29, 1.82) is 0 Å². The zero-order chi connectivity index (χ0) is 10.1. The molecule has 0 aliphatic rings. The number of imidazole rings is 1. The summed E-state index contributed by atoms with van der Waals surface area (Å²) in [6.45, 7) is 0.450. The van der Waals surface area contributed by atoms with Gasteiger partial charge >= 0.3 is 0 Å². The fourth-order valence-electron chi connectivity index (χ4n) is 1.39. The number of aromatic nitrogens is 2. The summed E-state index contributed by atoms with van der Waals surface area (Å²) in [5.41, 5.74) is 7.57. The Labute approximate surface area is 91.1 Å². The van der Waals surface area contributed by atoms with Gasteiger partial charge in [0, 0.05) is 13.6 Å². The first-order valence-corrected chi connectivity index (χ1v) is 5.38. The van der Waals surface area contributed by atoms with Crippen LogP contribution in [0, 0.1) is 0 Å². The van der Waals surface area contributed by atoms with E-state index in [9.17, 15) is 0 Å². The van der Waals surface area contributed by atoms with Crippen molar-refractivity contribution >= 4 is 22.9 Å². The van der Waals surface area contributed by atoms with Crippen molar-refractivity contribution in [3.63, 3.8) is 0 Å². The highest BCUT2D eigenvalue weighted by Crippen LogP contribution is 2.32. The fraction of sp³-hybridized carbons (Fsp3) is 0.222. The van der Waals surface area contributed by atoms with E-state index in [0.717, 1.165) is 20.6 Å². The number of aryl methyl sites for hydroxylation is 1. The predicted molar refractivity (Wildman–Crippen MR) is 59.4 cm³/mol. The molecule has 0 aromatic carbocycles. The zero-order valence-electron chi connectivity index (χ0n) is 7.70. The van der Waals surface area contributed by atoms with Crippen LogP contribution in [0.2, 0.25) is 4.34 Å². The van der Waals surface area contributed by atoms with Crippen LogP contribution in [0.5, 0.6) is 0 Å². The van der Waals surface area contributed by atoms with Gasteiger partial charge in [0.25, 0.3) is 0 Å². The average molecular weight is 228 g/mol. The third-order valence-corrected chi connectivity index (χ3v) is 3.25. The molecule has 0 aliphatic carbocycles. The largest absolute Gasteiger partial charge is 0.333 e. The van der Waals surface area contributed by atoms with Crippen molar-refractivity contribution in [2.75, 3.05) is 0 Å². The Balaban J connectivity index is 2.54. The molecule has 0 amide bonds. The van der Waals surface area contributed by atoms with Gasteiger partial charge in [0.1, 0.15) is 0 Å². The third-order valence-electron chi connectivity index (χ3n) is 2.01.